The van der Waals surface area contributed by atoms with Crippen molar-refractivity contribution in [3.63, 3.8) is 0 Å². The topological polar surface area (TPSA) is 75.6 Å². The minimum atomic E-state index is -0.564. The first-order valence-electron chi connectivity index (χ1n) is 7.60. The normalized spacial score (nSPS) is 27.1. The van der Waals surface area contributed by atoms with Crippen molar-refractivity contribution in [2.45, 2.75) is 37.8 Å². The average Bonchev–Trinajstić information content (AvgIpc) is 3.15. The fourth-order valence-electron chi connectivity index (χ4n) is 2.94. The van der Waals surface area contributed by atoms with E-state index in [1.165, 1.54) is 0 Å². The van der Waals surface area contributed by atoms with Gasteiger partial charge in [0.1, 0.15) is 17.4 Å². The zero-order valence-electron chi connectivity index (χ0n) is 12.2. The van der Waals surface area contributed by atoms with E-state index in [1.807, 2.05) is 30.3 Å². The fraction of sp³-hybridized carbons (Fsp3) is 0.412. The summed E-state index contributed by atoms with van der Waals surface area (Å²) in [7, 11) is 0. The predicted octanol–water partition coefficient (Wildman–Crippen LogP) is 1.68. The Hall–Kier alpha value is -2.14. The SMILES string of the molecule is O=C1NC(CCc2ccccc2)C(=O)/C1=C(\O)C1CCCO1. The lowest BCUT2D eigenvalue weighted by atomic mass is 10.00. The highest BCUT2D eigenvalue weighted by Gasteiger charge is 2.40. The molecule has 5 heteroatoms. The number of nitrogens with one attached hydrogen (secondary N) is 1. The van der Waals surface area contributed by atoms with Gasteiger partial charge >= 0.3 is 0 Å². The summed E-state index contributed by atoms with van der Waals surface area (Å²) in [5, 5.41) is 12.8. The first-order valence-corrected chi connectivity index (χ1v) is 7.60. The van der Waals surface area contributed by atoms with E-state index in [2.05, 4.69) is 5.32 Å². The Morgan fingerprint density at radius 3 is 2.73 bits per heavy atom. The standard InChI is InChI=1S/C17H19NO4/c19-15-12(9-8-11-5-2-1-3-6-11)18-17(21)14(15)16(20)13-7-4-10-22-13/h1-3,5-6,12-13,20H,4,7-10H2,(H,18,21)/b16-14+. The fourth-order valence-corrected chi connectivity index (χ4v) is 2.94. The number of amides is 1. The van der Waals surface area contributed by atoms with Gasteiger partial charge in [-0.3, -0.25) is 9.59 Å². The molecule has 2 unspecified atom stereocenters. The molecule has 0 saturated carbocycles. The number of carbonyl (C=O) groups is 2. The third kappa shape index (κ3) is 2.90. The van der Waals surface area contributed by atoms with Gasteiger partial charge in [0.2, 0.25) is 0 Å². The molecule has 0 bridgehead atoms. The summed E-state index contributed by atoms with van der Waals surface area (Å²) in [6, 6.07) is 9.24. The molecule has 116 valence electrons. The van der Waals surface area contributed by atoms with E-state index in [0.717, 1.165) is 12.0 Å². The summed E-state index contributed by atoms with van der Waals surface area (Å²) in [5.74, 6) is -1.02. The molecular weight excluding hydrogens is 282 g/mol. The van der Waals surface area contributed by atoms with Crippen LogP contribution < -0.4 is 5.32 Å². The molecule has 2 N–H and O–H groups in total. The van der Waals surface area contributed by atoms with E-state index in [0.29, 0.717) is 25.9 Å². The first kappa shape index (κ1) is 14.8. The molecule has 2 aliphatic heterocycles. The Kier molecular flexibility index (Phi) is 4.24. The number of aliphatic hydroxyl groups is 1. The number of ketones is 1. The van der Waals surface area contributed by atoms with Gasteiger partial charge in [0.05, 0.1) is 6.04 Å². The Morgan fingerprint density at radius 2 is 2.05 bits per heavy atom. The number of Topliss-reactive ketones (excluding diaryl/α,β-unsaturated/α-hetero) is 1. The maximum Gasteiger partial charge on any atom is 0.259 e. The van der Waals surface area contributed by atoms with Gasteiger partial charge < -0.3 is 15.2 Å². The van der Waals surface area contributed by atoms with E-state index in [4.69, 9.17) is 4.74 Å². The summed E-state index contributed by atoms with van der Waals surface area (Å²) in [6.45, 7) is 0.551. The molecule has 1 aromatic carbocycles. The van der Waals surface area contributed by atoms with Gasteiger partial charge in [0.25, 0.3) is 5.91 Å². The average molecular weight is 301 g/mol. The summed E-state index contributed by atoms with van der Waals surface area (Å²) in [6.07, 6.45) is 2.18. The van der Waals surface area contributed by atoms with Crippen molar-refractivity contribution in [1.29, 1.82) is 0 Å². The van der Waals surface area contributed by atoms with E-state index in [1.54, 1.807) is 0 Å². The number of benzene rings is 1. The van der Waals surface area contributed by atoms with E-state index >= 15 is 0 Å². The van der Waals surface area contributed by atoms with E-state index in [-0.39, 0.29) is 17.1 Å². The van der Waals surface area contributed by atoms with Crippen LogP contribution in [0.2, 0.25) is 0 Å². The number of hydrogen-bond donors (Lipinski definition) is 2. The van der Waals surface area contributed by atoms with Gasteiger partial charge in [0.15, 0.2) is 5.78 Å². The van der Waals surface area contributed by atoms with Crippen LogP contribution in [-0.2, 0) is 20.7 Å². The van der Waals surface area contributed by atoms with Crippen molar-refractivity contribution in [2.75, 3.05) is 6.61 Å². The van der Waals surface area contributed by atoms with Crippen LogP contribution in [0.3, 0.4) is 0 Å². The molecule has 0 radical (unpaired) electrons. The number of aliphatic hydroxyl groups excluding tert-OH is 1. The first-order chi connectivity index (χ1) is 10.7. The number of aryl methyl sites for hydroxylation is 1. The van der Waals surface area contributed by atoms with E-state index in [9.17, 15) is 14.7 Å². The third-order valence-electron chi connectivity index (χ3n) is 4.15. The summed E-state index contributed by atoms with van der Waals surface area (Å²) in [5.41, 5.74) is 0.996. The monoisotopic (exact) mass is 301 g/mol. The van der Waals surface area contributed by atoms with Crippen LogP contribution in [0.4, 0.5) is 0 Å². The smallest absolute Gasteiger partial charge is 0.259 e. The predicted molar refractivity (Wildman–Crippen MR) is 80.3 cm³/mol. The van der Waals surface area contributed by atoms with Crippen LogP contribution >= 0.6 is 0 Å². The van der Waals surface area contributed by atoms with Crippen LogP contribution in [0.15, 0.2) is 41.7 Å². The Balaban J connectivity index is 1.70. The molecule has 5 nitrogen and oxygen atoms in total. The zero-order valence-corrected chi connectivity index (χ0v) is 12.2. The Bertz CT molecular complexity index is 602. The van der Waals surface area contributed by atoms with Crippen molar-refractivity contribution < 1.29 is 19.4 Å². The lowest BCUT2D eigenvalue weighted by Gasteiger charge is -2.10. The largest absolute Gasteiger partial charge is 0.509 e. The summed E-state index contributed by atoms with van der Waals surface area (Å²) in [4.78, 5) is 24.4. The van der Waals surface area contributed by atoms with Gasteiger partial charge in [-0.1, -0.05) is 30.3 Å². The molecule has 2 saturated heterocycles. The second kappa shape index (κ2) is 6.32. The number of rotatable bonds is 4. The van der Waals surface area contributed by atoms with Crippen molar-refractivity contribution in [2.24, 2.45) is 0 Å². The highest BCUT2D eigenvalue weighted by molar-refractivity contribution is 6.26. The molecule has 0 spiro atoms. The van der Waals surface area contributed by atoms with Crippen molar-refractivity contribution in [1.82, 2.24) is 5.32 Å². The molecule has 2 aliphatic rings. The van der Waals surface area contributed by atoms with Crippen molar-refractivity contribution >= 4 is 11.7 Å². The highest BCUT2D eigenvalue weighted by Crippen LogP contribution is 2.25. The molecule has 2 heterocycles. The molecule has 22 heavy (non-hydrogen) atoms. The van der Waals surface area contributed by atoms with Gasteiger partial charge in [-0.05, 0) is 31.2 Å². The van der Waals surface area contributed by atoms with Gasteiger partial charge in [-0.15, -0.1) is 0 Å². The van der Waals surface area contributed by atoms with Crippen LogP contribution in [0.1, 0.15) is 24.8 Å². The van der Waals surface area contributed by atoms with Gasteiger partial charge in [-0.2, -0.15) is 0 Å². The van der Waals surface area contributed by atoms with Crippen molar-refractivity contribution in [3.8, 4) is 0 Å². The van der Waals surface area contributed by atoms with E-state index < -0.39 is 18.1 Å². The molecule has 0 aliphatic carbocycles. The van der Waals surface area contributed by atoms with Gasteiger partial charge in [0, 0.05) is 6.61 Å². The van der Waals surface area contributed by atoms with Crippen LogP contribution in [-0.4, -0.2) is 35.5 Å². The minimum Gasteiger partial charge on any atom is -0.509 e. The lowest BCUT2D eigenvalue weighted by molar-refractivity contribution is -0.117. The molecule has 0 aromatic heterocycles. The Labute approximate surface area is 129 Å². The maximum atomic E-state index is 12.4. The number of hydrogen-bond acceptors (Lipinski definition) is 4. The molecule has 2 fully saturated rings. The Morgan fingerprint density at radius 1 is 1.27 bits per heavy atom. The molecular formula is C17H19NO4. The lowest BCUT2D eigenvalue weighted by Crippen LogP contribution is -2.29. The maximum absolute atomic E-state index is 12.4. The van der Waals surface area contributed by atoms with Crippen LogP contribution in [0.25, 0.3) is 0 Å². The van der Waals surface area contributed by atoms with Crippen LogP contribution in [0, 0.1) is 0 Å². The van der Waals surface area contributed by atoms with Gasteiger partial charge in [-0.25, -0.2) is 0 Å². The minimum absolute atomic E-state index is 0.120. The molecule has 2 atom stereocenters. The summed E-state index contributed by atoms with van der Waals surface area (Å²) >= 11 is 0. The highest BCUT2D eigenvalue weighted by atomic mass is 16.5. The third-order valence-corrected chi connectivity index (χ3v) is 4.15. The second-order valence-electron chi connectivity index (χ2n) is 5.68. The van der Waals surface area contributed by atoms with Crippen molar-refractivity contribution in [3.05, 3.63) is 47.2 Å². The second-order valence-corrected chi connectivity index (χ2v) is 5.68. The zero-order chi connectivity index (χ0) is 15.5. The summed E-state index contributed by atoms with van der Waals surface area (Å²) < 4.78 is 5.35. The number of carbonyl (C=O) groups excluding carboxylic acids is 2. The molecule has 1 aromatic rings. The molecule has 3 rings (SSSR count). The van der Waals surface area contributed by atoms with Crippen LogP contribution in [0.5, 0.6) is 0 Å². The quantitative estimate of drug-likeness (QED) is 0.504. The molecule has 1 amide bonds. The number of ether oxygens (including phenoxy) is 1.